The van der Waals surface area contributed by atoms with Crippen molar-refractivity contribution in [3.8, 4) is 0 Å². The van der Waals surface area contributed by atoms with Crippen LogP contribution in [0, 0.1) is 13.8 Å². The Labute approximate surface area is 174 Å². The lowest BCUT2D eigenvalue weighted by Gasteiger charge is -2.21. The van der Waals surface area contributed by atoms with Crippen LogP contribution in [0.25, 0.3) is 5.57 Å². The fraction of sp³-hybridized carbons (Fsp3) is 0.273. The maximum atomic E-state index is 13.5. The Bertz CT molecular complexity index is 1020. The SMILES string of the molecule is Cc1ccc(C)c(N2C(=O)C(c3ccc(Cl)cc3Cl)=C(N3CCCC3)C2=O)c1. The highest BCUT2D eigenvalue weighted by Gasteiger charge is 2.44. The van der Waals surface area contributed by atoms with Crippen molar-refractivity contribution in [2.45, 2.75) is 26.7 Å². The predicted molar refractivity (Wildman–Crippen MR) is 113 cm³/mol. The maximum absolute atomic E-state index is 13.5. The molecular weight excluding hydrogens is 395 g/mol. The van der Waals surface area contributed by atoms with E-state index in [9.17, 15) is 9.59 Å². The number of rotatable bonds is 3. The van der Waals surface area contributed by atoms with Crippen LogP contribution in [0.1, 0.15) is 29.5 Å². The molecule has 0 bridgehead atoms. The van der Waals surface area contributed by atoms with Crippen molar-refractivity contribution >= 4 is 46.3 Å². The van der Waals surface area contributed by atoms with Crippen LogP contribution >= 0.6 is 23.2 Å². The molecule has 0 N–H and O–H groups in total. The van der Waals surface area contributed by atoms with Gasteiger partial charge in [-0.2, -0.15) is 0 Å². The first-order chi connectivity index (χ1) is 13.4. The second-order valence-corrected chi connectivity index (χ2v) is 8.12. The number of amides is 2. The number of carbonyl (C=O) groups excluding carboxylic acids is 2. The Hall–Kier alpha value is -2.30. The molecule has 1 saturated heterocycles. The van der Waals surface area contributed by atoms with Crippen LogP contribution in [0.2, 0.25) is 10.0 Å². The number of likely N-dealkylation sites (tertiary alicyclic amines) is 1. The monoisotopic (exact) mass is 414 g/mol. The van der Waals surface area contributed by atoms with Crippen LogP contribution in [0.3, 0.4) is 0 Å². The highest BCUT2D eigenvalue weighted by molar-refractivity contribution is 6.47. The number of hydrogen-bond acceptors (Lipinski definition) is 3. The van der Waals surface area contributed by atoms with Crippen molar-refractivity contribution in [1.29, 1.82) is 0 Å². The van der Waals surface area contributed by atoms with E-state index >= 15 is 0 Å². The zero-order chi connectivity index (χ0) is 20.0. The van der Waals surface area contributed by atoms with Crippen molar-refractivity contribution in [3.05, 3.63) is 68.8 Å². The van der Waals surface area contributed by atoms with Crippen molar-refractivity contribution in [2.75, 3.05) is 18.0 Å². The summed E-state index contributed by atoms with van der Waals surface area (Å²) in [5.41, 5.74) is 3.81. The fourth-order valence-electron chi connectivity index (χ4n) is 3.87. The quantitative estimate of drug-likeness (QED) is 0.664. The minimum absolute atomic E-state index is 0.290. The standard InChI is InChI=1S/C22H20Cl2N2O2/c1-13-5-6-14(2)18(11-13)26-21(27)19(16-8-7-15(23)12-17(16)24)20(22(26)28)25-9-3-4-10-25/h5-8,11-12H,3-4,9-10H2,1-2H3. The molecule has 2 aromatic carbocycles. The van der Waals surface area contributed by atoms with E-state index in [0.717, 1.165) is 37.1 Å². The lowest BCUT2D eigenvalue weighted by molar-refractivity contribution is -0.120. The van der Waals surface area contributed by atoms with Crippen molar-refractivity contribution in [3.63, 3.8) is 0 Å². The average molecular weight is 415 g/mol. The number of nitrogens with zero attached hydrogens (tertiary/aromatic N) is 2. The molecule has 0 saturated carbocycles. The summed E-state index contributed by atoms with van der Waals surface area (Å²) in [5, 5.41) is 0.850. The van der Waals surface area contributed by atoms with Crippen molar-refractivity contribution < 1.29 is 9.59 Å². The van der Waals surface area contributed by atoms with Gasteiger partial charge in [-0.1, -0.05) is 41.4 Å². The molecule has 2 heterocycles. The minimum atomic E-state index is -0.343. The van der Waals surface area contributed by atoms with Gasteiger partial charge in [0.25, 0.3) is 11.8 Å². The Kier molecular flexibility index (Phi) is 4.94. The summed E-state index contributed by atoms with van der Waals surface area (Å²) in [5.74, 6) is -0.633. The lowest BCUT2D eigenvalue weighted by atomic mass is 10.0. The van der Waals surface area contributed by atoms with Crippen LogP contribution in [0.4, 0.5) is 5.69 Å². The second-order valence-electron chi connectivity index (χ2n) is 7.28. The highest BCUT2D eigenvalue weighted by Crippen LogP contribution is 2.40. The Morgan fingerprint density at radius 1 is 0.893 bits per heavy atom. The summed E-state index contributed by atoms with van der Waals surface area (Å²) >= 11 is 12.5. The summed E-state index contributed by atoms with van der Waals surface area (Å²) in [4.78, 5) is 30.3. The molecule has 4 rings (SSSR count). The molecule has 0 spiro atoms. The zero-order valence-electron chi connectivity index (χ0n) is 15.8. The zero-order valence-corrected chi connectivity index (χ0v) is 17.3. The summed E-state index contributed by atoms with van der Waals surface area (Å²) in [6, 6.07) is 10.8. The molecule has 4 nitrogen and oxygen atoms in total. The molecular formula is C22H20Cl2N2O2. The molecule has 0 unspecified atom stereocenters. The van der Waals surface area contributed by atoms with E-state index in [2.05, 4.69) is 0 Å². The van der Waals surface area contributed by atoms with Crippen LogP contribution in [0.5, 0.6) is 0 Å². The molecule has 2 aliphatic rings. The number of benzene rings is 2. The van der Waals surface area contributed by atoms with E-state index in [-0.39, 0.29) is 11.8 Å². The summed E-state index contributed by atoms with van der Waals surface area (Å²) in [6.45, 7) is 5.35. The maximum Gasteiger partial charge on any atom is 0.282 e. The number of anilines is 1. The second kappa shape index (κ2) is 7.26. The molecule has 2 amide bonds. The lowest BCUT2D eigenvalue weighted by Crippen LogP contribution is -2.35. The number of halogens is 2. The number of carbonyl (C=O) groups is 2. The molecule has 28 heavy (non-hydrogen) atoms. The molecule has 1 fully saturated rings. The molecule has 0 radical (unpaired) electrons. The Morgan fingerprint density at radius 3 is 2.29 bits per heavy atom. The molecule has 0 aromatic heterocycles. The third-order valence-corrected chi connectivity index (χ3v) is 5.84. The minimum Gasteiger partial charge on any atom is -0.366 e. The largest absolute Gasteiger partial charge is 0.366 e. The van der Waals surface area contributed by atoms with Crippen molar-refractivity contribution in [1.82, 2.24) is 4.90 Å². The van der Waals surface area contributed by atoms with Crippen molar-refractivity contribution in [2.24, 2.45) is 0 Å². The normalized spacial score (nSPS) is 17.3. The van der Waals surface area contributed by atoms with Crippen LogP contribution in [-0.2, 0) is 9.59 Å². The van der Waals surface area contributed by atoms with Crippen LogP contribution < -0.4 is 4.90 Å². The van der Waals surface area contributed by atoms with Gasteiger partial charge in [0, 0.05) is 23.7 Å². The van der Waals surface area contributed by atoms with Gasteiger partial charge in [0.2, 0.25) is 0 Å². The van der Waals surface area contributed by atoms with Gasteiger partial charge >= 0.3 is 0 Å². The highest BCUT2D eigenvalue weighted by atomic mass is 35.5. The van der Waals surface area contributed by atoms with E-state index in [1.165, 1.54) is 4.90 Å². The van der Waals surface area contributed by atoms with Gasteiger partial charge in [0.1, 0.15) is 5.70 Å². The van der Waals surface area contributed by atoms with Gasteiger partial charge < -0.3 is 4.90 Å². The van der Waals surface area contributed by atoms with E-state index in [1.807, 2.05) is 36.9 Å². The first-order valence-electron chi connectivity index (χ1n) is 9.29. The molecule has 0 atom stereocenters. The number of aryl methyl sites for hydroxylation is 2. The van der Waals surface area contributed by atoms with E-state index < -0.39 is 0 Å². The van der Waals surface area contributed by atoms with Gasteiger partial charge in [-0.25, -0.2) is 4.90 Å². The van der Waals surface area contributed by atoms with Gasteiger partial charge in [0.05, 0.1) is 16.3 Å². The van der Waals surface area contributed by atoms with E-state index in [4.69, 9.17) is 23.2 Å². The third kappa shape index (κ3) is 3.11. The topological polar surface area (TPSA) is 40.6 Å². The average Bonchev–Trinajstić information content (AvgIpc) is 3.24. The molecule has 2 aliphatic heterocycles. The molecule has 6 heteroatoms. The summed E-state index contributed by atoms with van der Waals surface area (Å²) in [7, 11) is 0. The number of hydrogen-bond donors (Lipinski definition) is 0. The van der Waals surface area contributed by atoms with E-state index in [0.29, 0.717) is 32.6 Å². The smallest absolute Gasteiger partial charge is 0.282 e. The fourth-order valence-corrected chi connectivity index (χ4v) is 4.37. The van der Waals surface area contributed by atoms with Crippen LogP contribution in [-0.4, -0.2) is 29.8 Å². The van der Waals surface area contributed by atoms with Crippen LogP contribution in [0.15, 0.2) is 42.1 Å². The molecule has 144 valence electrons. The third-order valence-electron chi connectivity index (χ3n) is 5.29. The Morgan fingerprint density at radius 2 is 1.61 bits per heavy atom. The van der Waals surface area contributed by atoms with Gasteiger partial charge in [-0.15, -0.1) is 0 Å². The number of imide groups is 1. The van der Waals surface area contributed by atoms with Gasteiger partial charge in [-0.05, 0) is 56.0 Å². The summed E-state index contributed by atoms with van der Waals surface area (Å²) < 4.78 is 0. The first kappa shape index (κ1) is 19.0. The summed E-state index contributed by atoms with van der Waals surface area (Å²) in [6.07, 6.45) is 1.99. The van der Waals surface area contributed by atoms with Gasteiger partial charge in [0.15, 0.2) is 0 Å². The Balaban J connectivity index is 1.90. The predicted octanol–water partition coefficient (Wildman–Crippen LogP) is 4.99. The van der Waals surface area contributed by atoms with E-state index in [1.54, 1.807) is 18.2 Å². The van der Waals surface area contributed by atoms with Gasteiger partial charge in [-0.3, -0.25) is 9.59 Å². The molecule has 2 aromatic rings. The molecule has 0 aliphatic carbocycles. The first-order valence-corrected chi connectivity index (χ1v) is 10.0.